The van der Waals surface area contributed by atoms with Crippen molar-refractivity contribution >= 4 is 17.3 Å². The van der Waals surface area contributed by atoms with Gasteiger partial charge in [-0.1, -0.05) is 0 Å². The molecule has 1 aromatic carbocycles. The Morgan fingerprint density at radius 2 is 1.59 bits per heavy atom. The maximum absolute atomic E-state index is 10.6. The summed E-state index contributed by atoms with van der Waals surface area (Å²) in [6, 6.07) is 0.976. The molecule has 0 saturated carbocycles. The molecule has 0 unspecified atom stereocenters. The number of nitrogens with two attached hydrogens (primary N) is 1. The Kier molecular flexibility index (Phi) is 3.34. The topological polar surface area (TPSA) is 150 Å². The summed E-state index contributed by atoms with van der Waals surface area (Å²) in [6.07, 6.45) is 0. The van der Waals surface area contributed by atoms with Crippen LogP contribution in [0.5, 0.6) is 0 Å². The first kappa shape index (κ1) is 12.5. The van der Waals surface area contributed by atoms with Crippen LogP contribution in [-0.4, -0.2) is 20.9 Å². The Morgan fingerprint density at radius 1 is 1.18 bits per heavy atom. The first-order chi connectivity index (χ1) is 7.82. The van der Waals surface area contributed by atoms with Crippen LogP contribution in [-0.2, 0) is 4.79 Å². The summed E-state index contributed by atoms with van der Waals surface area (Å²) in [5.41, 5.74) is 3.88. The minimum atomic E-state index is -1.55. The second kappa shape index (κ2) is 4.53. The van der Waals surface area contributed by atoms with E-state index in [1.165, 1.54) is 0 Å². The van der Waals surface area contributed by atoms with E-state index in [2.05, 4.69) is 0 Å². The first-order valence-corrected chi connectivity index (χ1v) is 4.25. The smallest absolute Gasteiger partial charge is 0.325 e. The third-order valence-electron chi connectivity index (χ3n) is 1.97. The van der Waals surface area contributed by atoms with Gasteiger partial charge < -0.3 is 10.8 Å². The Bertz CT molecular complexity index is 468. The van der Waals surface area contributed by atoms with Crippen LogP contribution < -0.4 is 5.73 Å². The van der Waals surface area contributed by atoms with Gasteiger partial charge in [0.1, 0.15) is 6.04 Å². The Balaban J connectivity index is 3.36. The summed E-state index contributed by atoms with van der Waals surface area (Å²) in [4.78, 5) is 29.9. The van der Waals surface area contributed by atoms with Crippen molar-refractivity contribution in [3.63, 3.8) is 0 Å². The Hall–Kier alpha value is -2.55. The number of nitro groups is 2. The van der Waals surface area contributed by atoms with Crippen LogP contribution in [0.4, 0.5) is 11.4 Å². The molecule has 0 saturated heterocycles. The van der Waals surface area contributed by atoms with Gasteiger partial charge in [-0.25, -0.2) is 0 Å². The Labute approximate surface area is 93.8 Å². The van der Waals surface area contributed by atoms with E-state index in [-0.39, 0.29) is 5.56 Å². The molecule has 0 aliphatic rings. The minimum Gasteiger partial charge on any atom is -0.480 e. The van der Waals surface area contributed by atoms with Crippen molar-refractivity contribution in [3.8, 4) is 0 Å². The van der Waals surface area contributed by atoms with Crippen LogP contribution in [0.3, 0.4) is 0 Å². The largest absolute Gasteiger partial charge is 0.480 e. The summed E-state index contributed by atoms with van der Waals surface area (Å²) in [7, 11) is 0. The molecule has 0 aliphatic carbocycles. The van der Waals surface area contributed by atoms with Crippen molar-refractivity contribution in [1.82, 2.24) is 0 Å². The molecule has 0 amide bonds. The summed E-state index contributed by atoms with van der Waals surface area (Å²) >= 11 is 0. The van der Waals surface area contributed by atoms with Gasteiger partial charge in [-0.05, 0) is 5.56 Å². The molecule has 90 valence electrons. The number of hydrogen-bond acceptors (Lipinski definition) is 6. The predicted octanol–water partition coefficient (Wildman–Crippen LogP) is 0.587. The van der Waals surface area contributed by atoms with Crippen molar-refractivity contribution in [2.24, 2.45) is 5.73 Å². The lowest BCUT2D eigenvalue weighted by atomic mass is 10.1. The minimum absolute atomic E-state index is 0.196. The fraction of sp³-hybridized carbons (Fsp3) is 0.125. The molecule has 9 heteroatoms. The van der Waals surface area contributed by atoms with Gasteiger partial charge in [-0.2, -0.15) is 0 Å². The van der Waals surface area contributed by atoms with Gasteiger partial charge in [0.15, 0.2) is 0 Å². The lowest BCUT2D eigenvalue weighted by Gasteiger charge is -2.06. The van der Waals surface area contributed by atoms with Crippen LogP contribution in [0, 0.1) is 20.2 Å². The van der Waals surface area contributed by atoms with Crippen LogP contribution in [0.2, 0.25) is 0 Å². The third kappa shape index (κ3) is 2.72. The zero-order valence-corrected chi connectivity index (χ0v) is 8.27. The van der Waals surface area contributed by atoms with Crippen LogP contribution >= 0.6 is 0 Å². The number of nitrogens with zero attached hydrogens (tertiary/aromatic N) is 2. The molecule has 9 nitrogen and oxygen atoms in total. The summed E-state index contributed by atoms with van der Waals surface area (Å²) in [6.45, 7) is 0. The van der Waals surface area contributed by atoms with Gasteiger partial charge in [0, 0.05) is 12.1 Å². The molecule has 1 aromatic rings. The molecule has 0 fully saturated rings. The quantitative estimate of drug-likeness (QED) is 0.578. The van der Waals surface area contributed by atoms with E-state index in [4.69, 9.17) is 10.8 Å². The SMILES string of the molecule is N[C@@H](C(=O)O)c1cc([N+](=O)[O-])cc([N+](=O)[O-])c1. The van der Waals surface area contributed by atoms with E-state index in [9.17, 15) is 25.0 Å². The third-order valence-corrected chi connectivity index (χ3v) is 1.97. The molecule has 0 spiro atoms. The molecule has 0 bridgehead atoms. The van der Waals surface area contributed by atoms with E-state index >= 15 is 0 Å². The van der Waals surface area contributed by atoms with E-state index < -0.39 is 33.2 Å². The number of carboxylic acid groups (broad SMARTS) is 1. The van der Waals surface area contributed by atoms with E-state index in [0.29, 0.717) is 0 Å². The summed E-state index contributed by atoms with van der Waals surface area (Å²) < 4.78 is 0. The highest BCUT2D eigenvalue weighted by Gasteiger charge is 2.22. The van der Waals surface area contributed by atoms with Crippen molar-refractivity contribution in [2.45, 2.75) is 6.04 Å². The van der Waals surface area contributed by atoms with Gasteiger partial charge >= 0.3 is 5.97 Å². The van der Waals surface area contributed by atoms with Gasteiger partial charge in [0.05, 0.1) is 15.9 Å². The van der Waals surface area contributed by atoms with Crippen LogP contribution in [0.1, 0.15) is 11.6 Å². The van der Waals surface area contributed by atoms with Gasteiger partial charge in [-0.15, -0.1) is 0 Å². The lowest BCUT2D eigenvalue weighted by Crippen LogP contribution is -2.20. The second-order valence-electron chi connectivity index (χ2n) is 3.11. The first-order valence-electron chi connectivity index (χ1n) is 4.25. The number of rotatable bonds is 4. The average molecular weight is 241 g/mol. The van der Waals surface area contributed by atoms with Crippen LogP contribution in [0.15, 0.2) is 18.2 Å². The van der Waals surface area contributed by atoms with E-state index in [1.807, 2.05) is 0 Å². The molecule has 0 heterocycles. The molecule has 3 N–H and O–H groups in total. The number of carbonyl (C=O) groups is 1. The van der Waals surface area contributed by atoms with Crippen molar-refractivity contribution in [2.75, 3.05) is 0 Å². The summed E-state index contributed by atoms with van der Waals surface area (Å²) in [5, 5.41) is 29.7. The number of aliphatic carboxylic acids is 1. The standard InChI is InChI=1S/C8H7N3O6/c9-7(8(12)13)4-1-5(10(14)15)3-6(2-4)11(16)17/h1-3,7H,9H2,(H,12,13)/t7-/m1/s1. The zero-order chi connectivity index (χ0) is 13.2. The molecule has 1 atom stereocenters. The van der Waals surface area contributed by atoms with Gasteiger partial charge in [0.25, 0.3) is 11.4 Å². The van der Waals surface area contributed by atoms with Gasteiger partial charge in [-0.3, -0.25) is 25.0 Å². The predicted molar refractivity (Wildman–Crippen MR) is 54.3 cm³/mol. The molecule has 1 rings (SSSR count). The summed E-state index contributed by atoms with van der Waals surface area (Å²) in [5.74, 6) is -1.43. The molecular weight excluding hydrogens is 234 g/mol. The highest BCUT2D eigenvalue weighted by atomic mass is 16.6. The molecule has 0 radical (unpaired) electrons. The number of benzene rings is 1. The highest BCUT2D eigenvalue weighted by molar-refractivity contribution is 5.76. The van der Waals surface area contributed by atoms with E-state index in [1.54, 1.807) is 0 Å². The number of hydrogen-bond donors (Lipinski definition) is 2. The van der Waals surface area contributed by atoms with E-state index in [0.717, 1.165) is 18.2 Å². The molecule has 17 heavy (non-hydrogen) atoms. The normalized spacial score (nSPS) is 11.8. The molecular formula is C8H7N3O6. The fourth-order valence-corrected chi connectivity index (χ4v) is 1.15. The van der Waals surface area contributed by atoms with Crippen molar-refractivity contribution < 1.29 is 19.7 Å². The number of carboxylic acids is 1. The molecule has 0 aliphatic heterocycles. The maximum Gasteiger partial charge on any atom is 0.325 e. The fourth-order valence-electron chi connectivity index (χ4n) is 1.15. The highest BCUT2D eigenvalue weighted by Crippen LogP contribution is 2.25. The average Bonchev–Trinajstić information content (AvgIpc) is 2.27. The molecule has 0 aromatic heterocycles. The Morgan fingerprint density at radius 3 is 1.88 bits per heavy atom. The van der Waals surface area contributed by atoms with Crippen molar-refractivity contribution in [1.29, 1.82) is 0 Å². The lowest BCUT2D eigenvalue weighted by molar-refractivity contribution is -0.394. The number of non-ortho nitro benzene ring substituents is 2. The monoisotopic (exact) mass is 241 g/mol. The maximum atomic E-state index is 10.6. The van der Waals surface area contributed by atoms with Gasteiger partial charge in [0.2, 0.25) is 0 Å². The van der Waals surface area contributed by atoms with Crippen molar-refractivity contribution in [3.05, 3.63) is 44.0 Å². The second-order valence-corrected chi connectivity index (χ2v) is 3.11. The number of nitro benzene ring substituents is 2. The zero-order valence-electron chi connectivity index (χ0n) is 8.27. The van der Waals surface area contributed by atoms with Crippen LogP contribution in [0.25, 0.3) is 0 Å².